The summed E-state index contributed by atoms with van der Waals surface area (Å²) in [7, 11) is 0. The normalized spacial score (nSPS) is 35.1. The number of hydrogen-bond acceptors (Lipinski definition) is 5. The molecule has 3 fully saturated rings. The van der Waals surface area contributed by atoms with E-state index >= 15 is 0 Å². The number of nitrogens with zero attached hydrogens (tertiary/aromatic N) is 2. The fourth-order valence-corrected chi connectivity index (χ4v) is 4.36. The molecular weight excluding hydrogens is 315 g/mol. The predicted octanol–water partition coefficient (Wildman–Crippen LogP) is 1.76. The monoisotopic (exact) mass is 334 g/mol. The van der Waals surface area contributed by atoms with E-state index in [4.69, 9.17) is 0 Å². The number of carbonyl (C=O) groups is 1. The average Bonchev–Trinajstić information content (AvgIpc) is 3.08. The van der Waals surface area contributed by atoms with Crippen molar-refractivity contribution in [1.82, 2.24) is 20.5 Å². The van der Waals surface area contributed by atoms with Gasteiger partial charge in [-0.1, -0.05) is 6.08 Å². The van der Waals surface area contributed by atoms with Crippen molar-refractivity contribution in [3.63, 3.8) is 0 Å². The highest BCUT2D eigenvalue weighted by molar-refractivity contribution is 7.13. The summed E-state index contributed by atoms with van der Waals surface area (Å²) in [5.41, 5.74) is 0. The summed E-state index contributed by atoms with van der Waals surface area (Å²) in [5.74, 6) is -1.41. The molecule has 2 bridgehead atoms. The Kier molecular flexibility index (Phi) is 3.69. The first-order valence-corrected chi connectivity index (χ1v) is 8.76. The summed E-state index contributed by atoms with van der Waals surface area (Å²) >= 11 is 1.10. The second kappa shape index (κ2) is 5.72. The number of carbonyl (C=O) groups excluding carboxylic acids is 1. The van der Waals surface area contributed by atoms with Gasteiger partial charge in [0.15, 0.2) is 5.01 Å². The Morgan fingerprint density at radius 3 is 2.91 bits per heavy atom. The Hall–Kier alpha value is -1.73. The largest absolute Gasteiger partial charge is 0.351 e. The Morgan fingerprint density at radius 1 is 1.43 bits per heavy atom. The van der Waals surface area contributed by atoms with E-state index in [1.165, 1.54) is 18.5 Å². The van der Waals surface area contributed by atoms with E-state index in [1.807, 2.05) is 0 Å². The maximum atomic E-state index is 14.7. The fraction of sp³-hybridized carbons (Fsp3) is 0.500. The average molecular weight is 334 g/mol. The third-order valence-electron chi connectivity index (χ3n) is 4.84. The van der Waals surface area contributed by atoms with Crippen LogP contribution in [0.5, 0.6) is 0 Å². The van der Waals surface area contributed by atoms with Crippen molar-refractivity contribution in [1.29, 1.82) is 0 Å². The maximum Gasteiger partial charge on any atom is 0.263 e. The highest BCUT2D eigenvalue weighted by Gasteiger charge is 2.36. The second-order valence-corrected chi connectivity index (χ2v) is 7.35. The van der Waals surface area contributed by atoms with Gasteiger partial charge >= 0.3 is 0 Å². The van der Waals surface area contributed by atoms with Gasteiger partial charge in [-0.15, -0.1) is 11.3 Å². The van der Waals surface area contributed by atoms with Gasteiger partial charge in [-0.05, 0) is 50.2 Å². The van der Waals surface area contributed by atoms with Crippen LogP contribution in [0.15, 0.2) is 30.6 Å². The molecule has 5 heterocycles. The molecule has 0 aromatic carbocycles. The molecule has 3 saturated heterocycles. The van der Waals surface area contributed by atoms with Gasteiger partial charge in [-0.2, -0.15) is 0 Å². The smallest absolute Gasteiger partial charge is 0.263 e. The van der Waals surface area contributed by atoms with Gasteiger partial charge in [-0.3, -0.25) is 4.79 Å². The van der Waals surface area contributed by atoms with E-state index in [9.17, 15) is 9.18 Å². The standard InChI is InChI=1S/C16H19FN4OS/c17-16(5-1-2-6-19-16)15-18-9-13(23-15)14(22)20-12-10-21-7-3-11(12)4-8-21/h1-2,5-6,9,11-12,19H,3-4,7-8,10H2,(H,20,22)/t12-,16?/m0/s1. The van der Waals surface area contributed by atoms with Crippen LogP contribution < -0.4 is 10.6 Å². The van der Waals surface area contributed by atoms with E-state index in [0.717, 1.165) is 43.8 Å². The van der Waals surface area contributed by atoms with E-state index in [-0.39, 0.29) is 17.0 Å². The van der Waals surface area contributed by atoms with Gasteiger partial charge in [0.25, 0.3) is 11.7 Å². The molecule has 7 heteroatoms. The second-order valence-electron chi connectivity index (χ2n) is 6.32. The van der Waals surface area contributed by atoms with E-state index in [2.05, 4.69) is 20.5 Å². The van der Waals surface area contributed by atoms with E-state index in [1.54, 1.807) is 12.2 Å². The molecule has 122 valence electrons. The summed E-state index contributed by atoms with van der Waals surface area (Å²) in [5, 5.41) is 6.00. The number of halogens is 1. The topological polar surface area (TPSA) is 57.3 Å². The van der Waals surface area contributed by atoms with Gasteiger partial charge in [0.05, 0.1) is 6.20 Å². The number of rotatable bonds is 3. The van der Waals surface area contributed by atoms with Gasteiger partial charge in [-0.25, -0.2) is 9.37 Å². The van der Waals surface area contributed by atoms with Crippen LogP contribution in [-0.2, 0) is 5.79 Å². The number of allylic oxidation sites excluding steroid dienone is 2. The number of piperidine rings is 3. The minimum Gasteiger partial charge on any atom is -0.351 e. The van der Waals surface area contributed by atoms with E-state index in [0.29, 0.717) is 10.8 Å². The van der Waals surface area contributed by atoms with Crippen molar-refractivity contribution in [3.05, 3.63) is 40.5 Å². The van der Waals surface area contributed by atoms with Gasteiger partial charge < -0.3 is 15.5 Å². The summed E-state index contributed by atoms with van der Waals surface area (Å²) in [6.07, 6.45) is 10.0. The first kappa shape index (κ1) is 14.8. The van der Waals surface area contributed by atoms with Crippen LogP contribution in [0.25, 0.3) is 0 Å². The summed E-state index contributed by atoms with van der Waals surface area (Å²) in [6.45, 7) is 3.19. The summed E-state index contributed by atoms with van der Waals surface area (Å²) in [6, 6.07) is 0.200. The lowest BCUT2D eigenvalue weighted by Gasteiger charge is -2.44. The molecular formula is C16H19FN4OS. The molecule has 1 amide bonds. The Labute approximate surface area is 138 Å². The number of hydrogen-bond donors (Lipinski definition) is 2. The van der Waals surface area contributed by atoms with Crippen molar-refractivity contribution in [2.24, 2.45) is 5.92 Å². The molecule has 0 radical (unpaired) electrons. The van der Waals surface area contributed by atoms with Crippen molar-refractivity contribution in [2.75, 3.05) is 19.6 Å². The number of aromatic nitrogens is 1. The molecule has 2 N–H and O–H groups in total. The summed E-state index contributed by atoms with van der Waals surface area (Å²) in [4.78, 5) is 19.4. The third kappa shape index (κ3) is 2.79. The zero-order valence-corrected chi connectivity index (χ0v) is 13.5. The number of dihydropyridines is 1. The third-order valence-corrected chi connectivity index (χ3v) is 5.95. The molecule has 1 aromatic heterocycles. The van der Waals surface area contributed by atoms with Crippen LogP contribution in [0.3, 0.4) is 0 Å². The van der Waals surface area contributed by atoms with Crippen LogP contribution >= 0.6 is 11.3 Å². The van der Waals surface area contributed by atoms with Crippen LogP contribution in [0, 0.1) is 5.92 Å². The van der Waals surface area contributed by atoms with Crippen molar-refractivity contribution >= 4 is 17.2 Å². The minimum absolute atomic E-state index is 0.147. The fourth-order valence-electron chi connectivity index (χ4n) is 3.51. The van der Waals surface area contributed by atoms with Crippen LogP contribution in [-0.4, -0.2) is 41.5 Å². The van der Waals surface area contributed by atoms with Crippen molar-refractivity contribution in [3.8, 4) is 0 Å². The zero-order chi connectivity index (χ0) is 15.9. The molecule has 1 unspecified atom stereocenters. The molecule has 2 atom stereocenters. The van der Waals surface area contributed by atoms with Crippen molar-refractivity contribution in [2.45, 2.75) is 24.7 Å². The Bertz CT molecular complexity index is 665. The lowest BCUT2D eigenvalue weighted by molar-refractivity contribution is 0.0622. The summed E-state index contributed by atoms with van der Waals surface area (Å²) < 4.78 is 14.7. The molecule has 4 aliphatic heterocycles. The number of fused-ring (bicyclic) bond motifs is 3. The Balaban J connectivity index is 1.45. The van der Waals surface area contributed by atoms with Gasteiger partial charge in [0, 0.05) is 12.6 Å². The molecule has 1 aromatic rings. The van der Waals surface area contributed by atoms with Crippen molar-refractivity contribution < 1.29 is 9.18 Å². The van der Waals surface area contributed by atoms with E-state index < -0.39 is 5.79 Å². The predicted molar refractivity (Wildman–Crippen MR) is 86.7 cm³/mol. The molecule has 0 saturated carbocycles. The Morgan fingerprint density at radius 2 is 2.26 bits per heavy atom. The van der Waals surface area contributed by atoms with Crippen LogP contribution in [0.4, 0.5) is 4.39 Å². The lowest BCUT2D eigenvalue weighted by Crippen LogP contribution is -2.57. The molecule has 23 heavy (non-hydrogen) atoms. The number of alkyl halides is 1. The maximum absolute atomic E-state index is 14.7. The highest BCUT2D eigenvalue weighted by atomic mass is 32.1. The number of amides is 1. The van der Waals surface area contributed by atoms with Gasteiger partial charge in [0.2, 0.25) is 0 Å². The lowest BCUT2D eigenvalue weighted by atomic mass is 9.84. The first-order chi connectivity index (χ1) is 11.1. The SMILES string of the molecule is O=C(N[C@H]1CN2CCC1CC2)c1cnc(C2(F)C=CC=CN2)s1. The zero-order valence-electron chi connectivity index (χ0n) is 12.7. The van der Waals surface area contributed by atoms with Gasteiger partial charge in [0.1, 0.15) is 4.88 Å². The molecule has 0 aliphatic carbocycles. The molecule has 5 rings (SSSR count). The number of thiazole rings is 1. The highest BCUT2D eigenvalue weighted by Crippen LogP contribution is 2.31. The molecule has 4 aliphatic rings. The number of nitrogens with one attached hydrogen (secondary N) is 2. The molecule has 5 nitrogen and oxygen atoms in total. The van der Waals surface area contributed by atoms with Crippen LogP contribution in [0.1, 0.15) is 27.5 Å². The minimum atomic E-state index is -1.83. The quantitative estimate of drug-likeness (QED) is 0.827. The molecule has 0 spiro atoms. The first-order valence-electron chi connectivity index (χ1n) is 7.94. The van der Waals surface area contributed by atoms with Crippen LogP contribution in [0.2, 0.25) is 0 Å².